The third-order valence-electron chi connectivity index (χ3n) is 5.11. The molecular formula is C15H25N3O2. The zero-order chi connectivity index (χ0) is 14.1. The van der Waals surface area contributed by atoms with Gasteiger partial charge in [0.1, 0.15) is 0 Å². The summed E-state index contributed by atoms with van der Waals surface area (Å²) in [7, 11) is 0. The lowest BCUT2D eigenvalue weighted by Gasteiger charge is -2.37. The molecule has 5 heteroatoms. The Bertz CT molecular complexity index is 395. The number of hydrogen-bond donors (Lipinski definition) is 0. The molecule has 2 amide bonds. The molecule has 3 aliphatic heterocycles. The maximum absolute atomic E-state index is 12.2. The van der Waals surface area contributed by atoms with E-state index >= 15 is 0 Å². The van der Waals surface area contributed by atoms with Crippen molar-refractivity contribution in [2.75, 3.05) is 32.7 Å². The quantitative estimate of drug-likeness (QED) is 0.763. The van der Waals surface area contributed by atoms with Gasteiger partial charge in [0.05, 0.1) is 6.54 Å². The van der Waals surface area contributed by atoms with Gasteiger partial charge in [0.2, 0.25) is 11.8 Å². The standard InChI is InChI=1S/C15H25N3O2/c1-12(19)18-10-3-6-14(18)13-5-2-7-17(13)11-15(20)16-8-4-9-16/h13-14H,2-11H2,1H3. The zero-order valence-electron chi connectivity index (χ0n) is 12.4. The maximum Gasteiger partial charge on any atom is 0.236 e. The van der Waals surface area contributed by atoms with Crippen molar-refractivity contribution < 1.29 is 9.59 Å². The van der Waals surface area contributed by atoms with Crippen LogP contribution in [0.5, 0.6) is 0 Å². The van der Waals surface area contributed by atoms with Crippen LogP contribution in [0.3, 0.4) is 0 Å². The van der Waals surface area contributed by atoms with Gasteiger partial charge in [-0.3, -0.25) is 14.5 Å². The van der Waals surface area contributed by atoms with Gasteiger partial charge in [-0.15, -0.1) is 0 Å². The molecule has 3 saturated heterocycles. The highest BCUT2D eigenvalue weighted by molar-refractivity contribution is 5.79. The number of amides is 2. The topological polar surface area (TPSA) is 43.9 Å². The summed E-state index contributed by atoms with van der Waals surface area (Å²) >= 11 is 0. The number of hydrogen-bond acceptors (Lipinski definition) is 3. The van der Waals surface area contributed by atoms with Crippen molar-refractivity contribution in [3.05, 3.63) is 0 Å². The second-order valence-corrected chi connectivity index (χ2v) is 6.34. The highest BCUT2D eigenvalue weighted by Gasteiger charge is 2.39. The number of carbonyl (C=O) groups is 2. The van der Waals surface area contributed by atoms with Crippen LogP contribution < -0.4 is 0 Å². The molecule has 0 bridgehead atoms. The molecule has 5 nitrogen and oxygen atoms in total. The molecule has 0 aromatic heterocycles. The van der Waals surface area contributed by atoms with Gasteiger partial charge in [0.25, 0.3) is 0 Å². The molecule has 3 heterocycles. The van der Waals surface area contributed by atoms with Crippen LogP contribution in [0.25, 0.3) is 0 Å². The molecular weight excluding hydrogens is 254 g/mol. The van der Waals surface area contributed by atoms with Gasteiger partial charge in [-0.25, -0.2) is 0 Å². The minimum atomic E-state index is 0.188. The smallest absolute Gasteiger partial charge is 0.236 e. The lowest BCUT2D eigenvalue weighted by atomic mass is 10.0. The van der Waals surface area contributed by atoms with E-state index in [9.17, 15) is 9.59 Å². The minimum absolute atomic E-state index is 0.188. The molecule has 2 unspecified atom stereocenters. The molecule has 0 spiro atoms. The number of nitrogens with zero attached hydrogens (tertiary/aromatic N) is 3. The first-order chi connectivity index (χ1) is 9.66. The number of rotatable bonds is 3. The summed E-state index contributed by atoms with van der Waals surface area (Å²) in [6, 6.07) is 0.728. The Morgan fingerprint density at radius 3 is 2.30 bits per heavy atom. The van der Waals surface area contributed by atoms with Gasteiger partial charge >= 0.3 is 0 Å². The summed E-state index contributed by atoms with van der Waals surface area (Å²) < 4.78 is 0. The Morgan fingerprint density at radius 1 is 0.950 bits per heavy atom. The molecule has 0 saturated carbocycles. The van der Waals surface area contributed by atoms with E-state index < -0.39 is 0 Å². The number of likely N-dealkylation sites (tertiary alicyclic amines) is 3. The lowest BCUT2D eigenvalue weighted by molar-refractivity contribution is -0.136. The van der Waals surface area contributed by atoms with E-state index in [2.05, 4.69) is 4.90 Å². The lowest BCUT2D eigenvalue weighted by Crippen LogP contribution is -2.52. The predicted molar refractivity (Wildman–Crippen MR) is 76.2 cm³/mol. The first-order valence-electron chi connectivity index (χ1n) is 7.96. The monoisotopic (exact) mass is 279 g/mol. The minimum Gasteiger partial charge on any atom is -0.341 e. The first-order valence-corrected chi connectivity index (χ1v) is 7.96. The highest BCUT2D eigenvalue weighted by Crippen LogP contribution is 2.30. The van der Waals surface area contributed by atoms with Crippen LogP contribution in [-0.4, -0.2) is 71.3 Å². The molecule has 3 aliphatic rings. The second-order valence-electron chi connectivity index (χ2n) is 6.34. The van der Waals surface area contributed by atoms with E-state index in [0.29, 0.717) is 18.6 Å². The molecule has 3 rings (SSSR count). The van der Waals surface area contributed by atoms with Gasteiger partial charge in [0, 0.05) is 38.6 Å². The molecule has 0 N–H and O–H groups in total. The summed E-state index contributed by atoms with van der Waals surface area (Å²) in [6.07, 6.45) is 5.63. The van der Waals surface area contributed by atoms with E-state index in [1.165, 1.54) is 0 Å². The molecule has 0 radical (unpaired) electrons. The van der Waals surface area contributed by atoms with Crippen molar-refractivity contribution in [1.82, 2.24) is 14.7 Å². The van der Waals surface area contributed by atoms with Gasteiger partial charge in [0.15, 0.2) is 0 Å². The van der Waals surface area contributed by atoms with E-state index in [0.717, 1.165) is 58.3 Å². The van der Waals surface area contributed by atoms with E-state index in [4.69, 9.17) is 0 Å². The fourth-order valence-corrected chi connectivity index (χ4v) is 3.91. The molecule has 0 aromatic carbocycles. The van der Waals surface area contributed by atoms with Gasteiger partial charge in [-0.1, -0.05) is 0 Å². The molecule has 20 heavy (non-hydrogen) atoms. The third-order valence-corrected chi connectivity index (χ3v) is 5.11. The van der Waals surface area contributed by atoms with Crippen LogP contribution in [0, 0.1) is 0 Å². The Balaban J connectivity index is 1.62. The van der Waals surface area contributed by atoms with Crippen LogP contribution in [-0.2, 0) is 9.59 Å². The van der Waals surface area contributed by atoms with Gasteiger partial charge in [-0.2, -0.15) is 0 Å². The Kier molecular flexibility index (Phi) is 3.96. The van der Waals surface area contributed by atoms with Crippen molar-refractivity contribution in [3.8, 4) is 0 Å². The van der Waals surface area contributed by atoms with E-state index in [1.807, 2.05) is 9.80 Å². The highest BCUT2D eigenvalue weighted by atomic mass is 16.2. The van der Waals surface area contributed by atoms with Crippen molar-refractivity contribution in [3.63, 3.8) is 0 Å². The van der Waals surface area contributed by atoms with Crippen LogP contribution in [0.2, 0.25) is 0 Å². The van der Waals surface area contributed by atoms with Gasteiger partial charge in [-0.05, 0) is 38.6 Å². The molecule has 0 aromatic rings. The summed E-state index contributed by atoms with van der Waals surface area (Å²) in [6.45, 7) is 5.98. The number of carbonyl (C=O) groups excluding carboxylic acids is 2. The predicted octanol–water partition coefficient (Wildman–Crippen LogP) is 0.694. The summed E-state index contributed by atoms with van der Waals surface area (Å²) in [5, 5.41) is 0. The third kappa shape index (κ3) is 2.55. The largest absolute Gasteiger partial charge is 0.341 e. The summed E-state index contributed by atoms with van der Waals surface area (Å²) in [5.41, 5.74) is 0. The maximum atomic E-state index is 12.2. The van der Waals surface area contributed by atoms with Crippen molar-refractivity contribution in [2.24, 2.45) is 0 Å². The first kappa shape index (κ1) is 13.9. The Hall–Kier alpha value is -1.10. The molecule has 0 aliphatic carbocycles. The van der Waals surface area contributed by atoms with Crippen LogP contribution in [0.15, 0.2) is 0 Å². The average molecular weight is 279 g/mol. The normalized spacial score (nSPS) is 30.6. The van der Waals surface area contributed by atoms with E-state index in [1.54, 1.807) is 6.92 Å². The fraction of sp³-hybridized carbons (Fsp3) is 0.867. The van der Waals surface area contributed by atoms with Gasteiger partial charge < -0.3 is 9.80 Å². The van der Waals surface area contributed by atoms with Crippen LogP contribution in [0.4, 0.5) is 0 Å². The van der Waals surface area contributed by atoms with Crippen molar-refractivity contribution >= 4 is 11.8 Å². The average Bonchev–Trinajstić information content (AvgIpc) is 2.93. The summed E-state index contributed by atoms with van der Waals surface area (Å²) in [4.78, 5) is 30.2. The Labute approximate surface area is 120 Å². The fourth-order valence-electron chi connectivity index (χ4n) is 3.91. The summed E-state index contributed by atoms with van der Waals surface area (Å²) in [5.74, 6) is 0.462. The second kappa shape index (κ2) is 5.72. The SMILES string of the molecule is CC(=O)N1CCCC1C1CCCN1CC(=O)N1CCC1. The van der Waals surface area contributed by atoms with Crippen LogP contribution in [0.1, 0.15) is 39.0 Å². The Morgan fingerprint density at radius 2 is 1.65 bits per heavy atom. The zero-order valence-corrected chi connectivity index (χ0v) is 12.4. The van der Waals surface area contributed by atoms with Crippen molar-refractivity contribution in [1.29, 1.82) is 0 Å². The molecule has 3 fully saturated rings. The molecule has 112 valence electrons. The molecule has 2 atom stereocenters. The van der Waals surface area contributed by atoms with E-state index in [-0.39, 0.29) is 11.8 Å². The van der Waals surface area contributed by atoms with Crippen LogP contribution >= 0.6 is 0 Å². The van der Waals surface area contributed by atoms with Crippen molar-refractivity contribution in [2.45, 2.75) is 51.1 Å².